The van der Waals surface area contributed by atoms with Crippen molar-refractivity contribution in [2.45, 2.75) is 25.3 Å². The van der Waals surface area contributed by atoms with Crippen molar-refractivity contribution in [2.75, 3.05) is 13.2 Å². The molecular formula is C14H15Cl2NO4. The predicted molar refractivity (Wildman–Crippen MR) is 78.9 cm³/mol. The zero-order valence-electron chi connectivity index (χ0n) is 11.2. The lowest BCUT2D eigenvalue weighted by atomic mass is 10.2. The van der Waals surface area contributed by atoms with Crippen molar-refractivity contribution < 1.29 is 19.4 Å². The first kappa shape index (κ1) is 15.9. The quantitative estimate of drug-likeness (QED) is 0.900. The van der Waals surface area contributed by atoms with E-state index in [2.05, 4.69) is 0 Å². The fourth-order valence-corrected chi connectivity index (χ4v) is 2.77. The Bertz CT molecular complexity index is 550. The second kappa shape index (κ2) is 7.00. The Balaban J connectivity index is 1.85. The predicted octanol–water partition coefficient (Wildman–Crippen LogP) is 2.84. The molecule has 1 aromatic carbocycles. The van der Waals surface area contributed by atoms with Gasteiger partial charge in [-0.25, -0.2) is 4.79 Å². The summed E-state index contributed by atoms with van der Waals surface area (Å²) in [5.74, 6) is -0.724. The van der Waals surface area contributed by atoms with E-state index in [1.165, 1.54) is 4.90 Å². The van der Waals surface area contributed by atoms with Gasteiger partial charge < -0.3 is 14.7 Å². The number of hydrogen-bond acceptors (Lipinski definition) is 3. The molecule has 1 atom stereocenters. The van der Waals surface area contributed by atoms with Gasteiger partial charge in [0.25, 0.3) is 0 Å². The molecular weight excluding hydrogens is 317 g/mol. The number of carboxylic acid groups (broad SMARTS) is 1. The third-order valence-corrected chi connectivity index (χ3v) is 3.86. The molecule has 114 valence electrons. The maximum absolute atomic E-state index is 12.0. The van der Waals surface area contributed by atoms with Gasteiger partial charge in [-0.1, -0.05) is 23.2 Å². The molecule has 2 rings (SSSR count). The van der Waals surface area contributed by atoms with Gasteiger partial charge in [0, 0.05) is 11.6 Å². The molecule has 1 fully saturated rings. The summed E-state index contributed by atoms with van der Waals surface area (Å²) in [5.41, 5.74) is 0. The van der Waals surface area contributed by atoms with Crippen LogP contribution in [0.25, 0.3) is 0 Å². The van der Waals surface area contributed by atoms with Gasteiger partial charge in [-0.2, -0.15) is 0 Å². The van der Waals surface area contributed by atoms with E-state index in [1.54, 1.807) is 18.2 Å². The Kier molecular flexibility index (Phi) is 5.31. The lowest BCUT2D eigenvalue weighted by molar-refractivity contribution is -0.148. The second-order valence-electron chi connectivity index (χ2n) is 4.76. The standard InChI is InChI=1S/C14H15Cl2NO4/c15-9-3-4-12(10(16)8-9)21-7-5-13(18)17-6-1-2-11(17)14(19)20/h3-4,8,11H,1-2,5-7H2,(H,19,20)/t11-/m1/s1. The van der Waals surface area contributed by atoms with Crippen LogP contribution in [0.1, 0.15) is 19.3 Å². The Labute approximate surface area is 132 Å². The molecule has 1 amide bonds. The average Bonchev–Trinajstić information content (AvgIpc) is 2.90. The molecule has 5 nitrogen and oxygen atoms in total. The minimum atomic E-state index is -0.956. The monoisotopic (exact) mass is 331 g/mol. The minimum Gasteiger partial charge on any atom is -0.491 e. The van der Waals surface area contributed by atoms with Gasteiger partial charge in [0.2, 0.25) is 5.91 Å². The van der Waals surface area contributed by atoms with E-state index in [1.807, 2.05) is 0 Å². The number of rotatable bonds is 5. The number of carboxylic acids is 1. The van der Waals surface area contributed by atoms with E-state index in [0.29, 0.717) is 35.2 Å². The van der Waals surface area contributed by atoms with Gasteiger partial charge in [-0.15, -0.1) is 0 Å². The fraction of sp³-hybridized carbons (Fsp3) is 0.429. The van der Waals surface area contributed by atoms with Crippen LogP contribution < -0.4 is 4.74 Å². The number of likely N-dealkylation sites (tertiary alicyclic amines) is 1. The van der Waals surface area contributed by atoms with E-state index in [-0.39, 0.29) is 18.9 Å². The summed E-state index contributed by atoms with van der Waals surface area (Å²) in [6.07, 6.45) is 1.33. The third-order valence-electron chi connectivity index (χ3n) is 3.33. The maximum atomic E-state index is 12.0. The van der Waals surface area contributed by atoms with Gasteiger partial charge in [-0.3, -0.25) is 4.79 Å². The van der Waals surface area contributed by atoms with E-state index >= 15 is 0 Å². The Morgan fingerprint density at radius 2 is 2.14 bits per heavy atom. The molecule has 0 unspecified atom stereocenters. The van der Waals surface area contributed by atoms with Crippen molar-refractivity contribution in [3.8, 4) is 5.75 Å². The maximum Gasteiger partial charge on any atom is 0.326 e. The van der Waals surface area contributed by atoms with E-state index in [4.69, 9.17) is 33.0 Å². The number of amides is 1. The van der Waals surface area contributed by atoms with Crippen LogP contribution >= 0.6 is 23.2 Å². The van der Waals surface area contributed by atoms with Crippen molar-refractivity contribution in [3.63, 3.8) is 0 Å². The highest BCUT2D eigenvalue weighted by molar-refractivity contribution is 6.35. The first-order chi connectivity index (χ1) is 9.99. The first-order valence-electron chi connectivity index (χ1n) is 6.59. The normalized spacial score (nSPS) is 17.8. The Morgan fingerprint density at radius 3 is 2.81 bits per heavy atom. The Morgan fingerprint density at radius 1 is 1.38 bits per heavy atom. The van der Waals surface area contributed by atoms with Gasteiger partial charge in [-0.05, 0) is 31.0 Å². The SMILES string of the molecule is O=C(O)[C@H]1CCCN1C(=O)CCOc1ccc(Cl)cc1Cl. The molecule has 0 bridgehead atoms. The summed E-state index contributed by atoms with van der Waals surface area (Å²) >= 11 is 11.7. The highest BCUT2D eigenvalue weighted by atomic mass is 35.5. The van der Waals surface area contributed by atoms with Crippen LogP contribution in [0.2, 0.25) is 10.0 Å². The summed E-state index contributed by atoms with van der Waals surface area (Å²) < 4.78 is 5.43. The lowest BCUT2D eigenvalue weighted by Crippen LogP contribution is -2.40. The number of hydrogen-bond donors (Lipinski definition) is 1. The molecule has 0 radical (unpaired) electrons. The molecule has 1 saturated heterocycles. The Hall–Kier alpha value is -1.46. The van der Waals surface area contributed by atoms with E-state index in [9.17, 15) is 9.59 Å². The van der Waals surface area contributed by atoms with Crippen LogP contribution in [0.4, 0.5) is 0 Å². The first-order valence-corrected chi connectivity index (χ1v) is 7.35. The number of carbonyl (C=O) groups is 2. The number of halogens is 2. The van der Waals surface area contributed by atoms with Gasteiger partial charge in [0.05, 0.1) is 18.1 Å². The number of nitrogens with zero attached hydrogens (tertiary/aromatic N) is 1. The third kappa shape index (κ3) is 4.02. The van der Waals surface area contributed by atoms with Crippen LogP contribution in [-0.2, 0) is 9.59 Å². The molecule has 21 heavy (non-hydrogen) atoms. The van der Waals surface area contributed by atoms with Gasteiger partial charge in [0.15, 0.2) is 0 Å². The van der Waals surface area contributed by atoms with E-state index < -0.39 is 12.0 Å². The smallest absolute Gasteiger partial charge is 0.326 e. The molecule has 7 heteroatoms. The van der Waals surface area contributed by atoms with Gasteiger partial charge in [0.1, 0.15) is 11.8 Å². The van der Waals surface area contributed by atoms with Crippen molar-refractivity contribution in [1.82, 2.24) is 4.90 Å². The van der Waals surface area contributed by atoms with Crippen LogP contribution in [-0.4, -0.2) is 41.1 Å². The van der Waals surface area contributed by atoms with Crippen molar-refractivity contribution >= 4 is 35.1 Å². The zero-order valence-corrected chi connectivity index (χ0v) is 12.7. The fourth-order valence-electron chi connectivity index (χ4n) is 2.31. The summed E-state index contributed by atoms with van der Waals surface area (Å²) in [7, 11) is 0. The molecule has 0 aromatic heterocycles. The van der Waals surface area contributed by atoms with Crippen LogP contribution in [0, 0.1) is 0 Å². The number of ether oxygens (including phenoxy) is 1. The van der Waals surface area contributed by atoms with Gasteiger partial charge >= 0.3 is 5.97 Å². The zero-order chi connectivity index (χ0) is 15.4. The highest BCUT2D eigenvalue weighted by Gasteiger charge is 2.33. The largest absolute Gasteiger partial charge is 0.491 e. The molecule has 1 aromatic rings. The summed E-state index contributed by atoms with van der Waals surface area (Å²) in [4.78, 5) is 24.4. The van der Waals surface area contributed by atoms with Crippen molar-refractivity contribution in [2.24, 2.45) is 0 Å². The molecule has 0 aliphatic carbocycles. The molecule has 1 aliphatic heterocycles. The highest BCUT2D eigenvalue weighted by Crippen LogP contribution is 2.27. The summed E-state index contributed by atoms with van der Waals surface area (Å²) in [6.45, 7) is 0.626. The molecule has 1 N–H and O–H groups in total. The topological polar surface area (TPSA) is 66.8 Å². The van der Waals surface area contributed by atoms with Crippen molar-refractivity contribution in [3.05, 3.63) is 28.2 Å². The van der Waals surface area contributed by atoms with E-state index in [0.717, 1.165) is 0 Å². The summed E-state index contributed by atoms with van der Waals surface area (Å²) in [6, 6.07) is 4.12. The average molecular weight is 332 g/mol. The molecule has 1 heterocycles. The number of aliphatic carboxylic acids is 1. The number of carbonyl (C=O) groups excluding carboxylic acids is 1. The second-order valence-corrected chi connectivity index (χ2v) is 5.60. The molecule has 1 aliphatic rings. The molecule has 0 saturated carbocycles. The number of benzene rings is 1. The van der Waals surface area contributed by atoms with Crippen LogP contribution in [0.5, 0.6) is 5.75 Å². The van der Waals surface area contributed by atoms with Crippen molar-refractivity contribution in [1.29, 1.82) is 0 Å². The lowest BCUT2D eigenvalue weighted by Gasteiger charge is -2.21. The minimum absolute atomic E-state index is 0.114. The summed E-state index contributed by atoms with van der Waals surface area (Å²) in [5, 5.41) is 9.92. The van der Waals surface area contributed by atoms with Crippen LogP contribution in [0.15, 0.2) is 18.2 Å². The molecule has 0 spiro atoms. The van der Waals surface area contributed by atoms with Crippen LogP contribution in [0.3, 0.4) is 0 Å².